The number of esters is 1. The molecular formula is C24H24ClF2NO4. The van der Waals surface area contributed by atoms with Crippen LogP contribution in [-0.2, 0) is 28.7 Å². The summed E-state index contributed by atoms with van der Waals surface area (Å²) in [5, 5.41) is 0. The third kappa shape index (κ3) is 6.18. The number of benzene rings is 3. The number of carbonyl (C=O) groups excluding carboxylic acids is 1. The van der Waals surface area contributed by atoms with E-state index in [9.17, 15) is 13.6 Å². The summed E-state index contributed by atoms with van der Waals surface area (Å²) < 4.78 is 45.6. The summed E-state index contributed by atoms with van der Waals surface area (Å²) >= 11 is 0. The van der Waals surface area contributed by atoms with Gasteiger partial charge >= 0.3 is 5.97 Å². The monoisotopic (exact) mass is 463 g/mol. The van der Waals surface area contributed by atoms with Gasteiger partial charge in [0.15, 0.2) is 17.5 Å². The molecule has 0 aliphatic heterocycles. The second-order valence-corrected chi connectivity index (χ2v) is 6.83. The van der Waals surface area contributed by atoms with Gasteiger partial charge in [0.1, 0.15) is 13.2 Å². The molecular weight excluding hydrogens is 440 g/mol. The SMILES string of the molecule is COC(=O)C(N)C(F)(F)c1ccc(OCc2ccccc2)c(OCc2ccccc2)c1.Cl. The van der Waals surface area contributed by atoms with Gasteiger partial charge < -0.3 is 19.9 Å². The third-order valence-electron chi connectivity index (χ3n) is 4.65. The molecule has 0 bridgehead atoms. The first-order chi connectivity index (χ1) is 14.9. The van der Waals surface area contributed by atoms with Crippen molar-refractivity contribution in [2.24, 2.45) is 5.73 Å². The molecule has 1 atom stereocenters. The quantitative estimate of drug-likeness (QED) is 0.459. The zero-order chi connectivity index (χ0) is 22.3. The van der Waals surface area contributed by atoms with Gasteiger partial charge in [0.05, 0.1) is 7.11 Å². The van der Waals surface area contributed by atoms with Crippen molar-refractivity contribution in [3.8, 4) is 11.5 Å². The van der Waals surface area contributed by atoms with Gasteiger partial charge in [-0.1, -0.05) is 60.7 Å². The van der Waals surface area contributed by atoms with Crippen molar-refractivity contribution in [3.05, 3.63) is 95.6 Å². The standard InChI is InChI=1S/C24H23F2NO4.ClH/c1-29-23(28)22(27)24(25,26)19-12-13-20(30-15-17-8-4-2-5-9-17)21(14-19)31-16-18-10-6-3-7-11-18;/h2-14,22H,15-16,27H2,1H3;1H. The molecule has 0 heterocycles. The van der Waals surface area contributed by atoms with E-state index in [0.717, 1.165) is 24.3 Å². The zero-order valence-electron chi connectivity index (χ0n) is 17.4. The normalized spacial score (nSPS) is 11.8. The highest BCUT2D eigenvalue weighted by Gasteiger charge is 2.44. The molecule has 3 aromatic rings. The van der Waals surface area contributed by atoms with Crippen molar-refractivity contribution in [1.29, 1.82) is 0 Å². The Morgan fingerprint density at radius 2 is 1.38 bits per heavy atom. The van der Waals surface area contributed by atoms with Crippen LogP contribution in [0.1, 0.15) is 16.7 Å². The van der Waals surface area contributed by atoms with Crippen molar-refractivity contribution in [2.45, 2.75) is 25.2 Å². The Bertz CT molecular complexity index is 1000. The van der Waals surface area contributed by atoms with Crippen LogP contribution in [0.4, 0.5) is 8.78 Å². The predicted molar refractivity (Wildman–Crippen MR) is 119 cm³/mol. The van der Waals surface area contributed by atoms with Gasteiger partial charge in [-0.05, 0) is 29.3 Å². The molecule has 0 fully saturated rings. The number of hydrogen-bond acceptors (Lipinski definition) is 5. The highest BCUT2D eigenvalue weighted by atomic mass is 35.5. The van der Waals surface area contributed by atoms with Crippen LogP contribution in [0.15, 0.2) is 78.9 Å². The maximum Gasteiger partial charge on any atom is 0.329 e. The van der Waals surface area contributed by atoms with Crippen molar-refractivity contribution in [3.63, 3.8) is 0 Å². The molecule has 2 N–H and O–H groups in total. The Morgan fingerprint density at radius 1 is 0.875 bits per heavy atom. The molecule has 1 unspecified atom stereocenters. The van der Waals surface area contributed by atoms with Crippen LogP contribution in [0.5, 0.6) is 11.5 Å². The van der Waals surface area contributed by atoms with Crippen LogP contribution >= 0.6 is 12.4 Å². The maximum absolute atomic E-state index is 14.8. The summed E-state index contributed by atoms with van der Waals surface area (Å²) in [6.07, 6.45) is 0. The average Bonchev–Trinajstić information content (AvgIpc) is 2.81. The molecule has 5 nitrogen and oxygen atoms in total. The van der Waals surface area contributed by atoms with Crippen LogP contribution in [0.2, 0.25) is 0 Å². The number of hydrogen-bond donors (Lipinski definition) is 1. The Kier molecular flexibility index (Phi) is 8.99. The number of carbonyl (C=O) groups is 1. The largest absolute Gasteiger partial charge is 0.485 e. The minimum atomic E-state index is -3.66. The van der Waals surface area contributed by atoms with Crippen molar-refractivity contribution >= 4 is 18.4 Å². The molecule has 3 aromatic carbocycles. The second kappa shape index (κ2) is 11.5. The van der Waals surface area contributed by atoms with Gasteiger partial charge in [0.2, 0.25) is 0 Å². The van der Waals surface area contributed by atoms with E-state index in [-0.39, 0.29) is 31.4 Å². The predicted octanol–water partition coefficient (Wildman–Crippen LogP) is 4.86. The number of nitrogens with two attached hydrogens (primary N) is 1. The fraction of sp³-hybridized carbons (Fsp3) is 0.208. The Hall–Kier alpha value is -3.16. The number of methoxy groups -OCH3 is 1. The van der Waals surface area contributed by atoms with Crippen molar-refractivity contribution < 1.29 is 27.8 Å². The molecule has 0 aliphatic rings. The molecule has 0 spiro atoms. The van der Waals surface area contributed by atoms with E-state index < -0.39 is 23.5 Å². The minimum Gasteiger partial charge on any atom is -0.485 e. The molecule has 0 radical (unpaired) electrons. The van der Waals surface area contributed by atoms with Gasteiger partial charge in [0, 0.05) is 5.56 Å². The summed E-state index contributed by atoms with van der Waals surface area (Å²) in [6, 6.07) is 20.3. The van der Waals surface area contributed by atoms with E-state index in [4.69, 9.17) is 15.2 Å². The lowest BCUT2D eigenvalue weighted by atomic mass is 10.0. The maximum atomic E-state index is 14.8. The number of alkyl halides is 2. The Morgan fingerprint density at radius 3 is 1.88 bits per heavy atom. The smallest absolute Gasteiger partial charge is 0.329 e. The van der Waals surface area contributed by atoms with E-state index in [2.05, 4.69) is 4.74 Å². The van der Waals surface area contributed by atoms with Gasteiger partial charge in [-0.15, -0.1) is 12.4 Å². The topological polar surface area (TPSA) is 70.8 Å². The summed E-state index contributed by atoms with van der Waals surface area (Å²) in [5.74, 6) is -4.45. The first-order valence-electron chi connectivity index (χ1n) is 9.61. The lowest BCUT2D eigenvalue weighted by Gasteiger charge is -2.23. The fourth-order valence-corrected chi connectivity index (χ4v) is 2.87. The van der Waals surface area contributed by atoms with E-state index >= 15 is 0 Å². The molecule has 3 rings (SSSR count). The summed E-state index contributed by atoms with van der Waals surface area (Å²) in [6.45, 7) is 0.389. The van der Waals surface area contributed by atoms with Gasteiger partial charge in [-0.25, -0.2) is 0 Å². The van der Waals surface area contributed by atoms with Gasteiger partial charge in [0.25, 0.3) is 5.92 Å². The highest BCUT2D eigenvalue weighted by molar-refractivity contribution is 5.85. The van der Waals surface area contributed by atoms with Crippen LogP contribution in [0.25, 0.3) is 0 Å². The molecule has 0 saturated carbocycles. The van der Waals surface area contributed by atoms with E-state index in [0.29, 0.717) is 5.75 Å². The lowest BCUT2D eigenvalue weighted by molar-refractivity contribution is -0.153. The minimum absolute atomic E-state index is 0. The Balaban J connectivity index is 0.00000363. The van der Waals surface area contributed by atoms with Crippen molar-refractivity contribution in [2.75, 3.05) is 7.11 Å². The molecule has 32 heavy (non-hydrogen) atoms. The fourth-order valence-electron chi connectivity index (χ4n) is 2.87. The van der Waals surface area contributed by atoms with E-state index in [1.807, 2.05) is 60.7 Å². The number of rotatable bonds is 9. The van der Waals surface area contributed by atoms with E-state index in [1.165, 1.54) is 12.1 Å². The second-order valence-electron chi connectivity index (χ2n) is 6.83. The summed E-state index contributed by atoms with van der Waals surface area (Å²) in [7, 11) is 1.01. The Labute approximate surface area is 191 Å². The van der Waals surface area contributed by atoms with Gasteiger partial charge in [-0.3, -0.25) is 4.79 Å². The van der Waals surface area contributed by atoms with Gasteiger partial charge in [-0.2, -0.15) is 8.78 Å². The molecule has 0 amide bonds. The molecule has 8 heteroatoms. The van der Waals surface area contributed by atoms with Crippen LogP contribution < -0.4 is 15.2 Å². The lowest BCUT2D eigenvalue weighted by Crippen LogP contribution is -2.45. The third-order valence-corrected chi connectivity index (χ3v) is 4.65. The zero-order valence-corrected chi connectivity index (χ0v) is 18.2. The highest BCUT2D eigenvalue weighted by Crippen LogP contribution is 2.38. The van der Waals surface area contributed by atoms with Crippen LogP contribution in [0.3, 0.4) is 0 Å². The summed E-state index contributed by atoms with van der Waals surface area (Å²) in [4.78, 5) is 11.6. The number of halogens is 3. The first-order valence-corrected chi connectivity index (χ1v) is 9.61. The van der Waals surface area contributed by atoms with Crippen molar-refractivity contribution in [1.82, 2.24) is 0 Å². The average molecular weight is 464 g/mol. The summed E-state index contributed by atoms with van der Waals surface area (Å²) in [5.41, 5.74) is 6.73. The molecule has 170 valence electrons. The first kappa shape index (κ1) is 25.1. The van der Waals surface area contributed by atoms with E-state index in [1.54, 1.807) is 0 Å². The molecule has 0 aliphatic carbocycles. The number of ether oxygens (including phenoxy) is 3. The molecule has 0 saturated heterocycles. The molecule has 0 aromatic heterocycles. The van der Waals surface area contributed by atoms with Crippen LogP contribution in [-0.4, -0.2) is 19.1 Å². The van der Waals surface area contributed by atoms with Crippen LogP contribution in [0, 0.1) is 0 Å².